The first-order valence-electron chi connectivity index (χ1n) is 6.18. The number of halogens is 2. The monoisotopic (exact) mass is 296 g/mol. The molecule has 1 saturated carbocycles. The van der Waals surface area contributed by atoms with Gasteiger partial charge in [-0.2, -0.15) is 0 Å². The molecule has 1 aromatic rings. The van der Waals surface area contributed by atoms with Gasteiger partial charge in [-0.05, 0) is 24.6 Å². The van der Waals surface area contributed by atoms with Gasteiger partial charge in [0.1, 0.15) is 0 Å². The van der Waals surface area contributed by atoms with Crippen LogP contribution in [0.4, 0.5) is 0 Å². The van der Waals surface area contributed by atoms with Crippen LogP contribution >= 0.6 is 32.4 Å². The van der Waals surface area contributed by atoms with Crippen LogP contribution in [0.2, 0.25) is 14.6 Å². The molecule has 1 unspecified atom stereocenters. The Labute approximate surface area is 130 Å². The molecule has 1 aliphatic rings. The minimum absolute atomic E-state index is 0.139. The molecule has 0 bridgehead atoms. The van der Waals surface area contributed by atoms with Gasteiger partial charge in [0.05, 0.1) is 5.02 Å². The van der Waals surface area contributed by atoms with Gasteiger partial charge in [0, 0.05) is 10.6 Å². The number of benzene rings is 1. The Hall–Kier alpha value is 0.497. The molecule has 1 nitrogen and oxygen atoms in total. The van der Waals surface area contributed by atoms with Gasteiger partial charge in [-0.25, -0.2) is 0 Å². The van der Waals surface area contributed by atoms with Crippen molar-refractivity contribution < 1.29 is 4.79 Å². The molecule has 0 saturated heterocycles. The van der Waals surface area contributed by atoms with Crippen LogP contribution in [0.5, 0.6) is 0 Å². The van der Waals surface area contributed by atoms with Crippen molar-refractivity contribution in [3.8, 4) is 0 Å². The quantitative estimate of drug-likeness (QED) is 0.535. The predicted molar refractivity (Wildman–Crippen MR) is 83.2 cm³/mol. The fourth-order valence-corrected chi connectivity index (χ4v) is 3.00. The molecule has 0 aromatic heterocycles. The summed E-state index contributed by atoms with van der Waals surface area (Å²) in [5.74, 6) is 0. The summed E-state index contributed by atoms with van der Waals surface area (Å²) in [6, 6.07) is 3.30. The van der Waals surface area contributed by atoms with Crippen molar-refractivity contribution in [3.63, 3.8) is 0 Å². The second-order valence-electron chi connectivity index (χ2n) is 4.78. The molecule has 5 heteroatoms. The topological polar surface area (TPSA) is 17.1 Å². The summed E-state index contributed by atoms with van der Waals surface area (Å²) in [6.07, 6.45) is 5.95. The van der Waals surface area contributed by atoms with Crippen LogP contribution in [0.25, 0.3) is 0 Å². The van der Waals surface area contributed by atoms with Gasteiger partial charge in [-0.15, -0.1) is 0 Å². The third kappa shape index (κ3) is 4.88. The van der Waals surface area contributed by atoms with Gasteiger partial charge in [0.25, 0.3) is 0 Å². The minimum atomic E-state index is -0.139. The van der Waals surface area contributed by atoms with Crippen LogP contribution in [-0.2, 0) is 0 Å². The van der Waals surface area contributed by atoms with Crippen LogP contribution in [0.1, 0.15) is 41.6 Å². The van der Waals surface area contributed by atoms with Gasteiger partial charge in [0.2, 0.25) is 0 Å². The summed E-state index contributed by atoms with van der Waals surface area (Å²) in [5.41, 5.74) is 1.07. The standard InChI is InChI=1S/C8H7Cl2OP.C5H9.Li/c1-4-5(9)2-3-6(10)7(4)8(11)12;1-2-4-5-3-1;/h2-3H,12H2,1H3;1H,2-5H2;. The van der Waals surface area contributed by atoms with E-state index in [9.17, 15) is 4.79 Å². The summed E-state index contributed by atoms with van der Waals surface area (Å²) in [5, 5.41) is 1.00. The van der Waals surface area contributed by atoms with Crippen molar-refractivity contribution in [2.75, 3.05) is 0 Å². The van der Waals surface area contributed by atoms with E-state index in [1.165, 1.54) is 25.7 Å². The Morgan fingerprint density at radius 1 is 1.28 bits per heavy atom. The summed E-state index contributed by atoms with van der Waals surface area (Å²) in [6.45, 7) is 1.77. The predicted octanol–water partition coefficient (Wildman–Crippen LogP) is 4.83. The van der Waals surface area contributed by atoms with E-state index in [-0.39, 0.29) is 5.52 Å². The first-order valence-corrected chi connectivity index (χ1v) is 7.51. The van der Waals surface area contributed by atoms with Crippen LogP contribution in [0, 0.1) is 6.92 Å². The van der Waals surface area contributed by atoms with Crippen molar-refractivity contribution >= 4 is 55.7 Å². The van der Waals surface area contributed by atoms with Crippen molar-refractivity contribution in [3.05, 3.63) is 33.3 Å². The fraction of sp³-hybridized carbons (Fsp3) is 0.462. The summed E-state index contributed by atoms with van der Waals surface area (Å²) in [4.78, 5) is 11.1. The molecule has 0 radical (unpaired) electrons. The molecule has 1 aliphatic carbocycles. The average Bonchev–Trinajstić information content (AvgIpc) is 2.76. The summed E-state index contributed by atoms with van der Waals surface area (Å²) in [7, 11) is 2.08. The Balaban J connectivity index is 0.000000225. The molecule has 0 N–H and O–H groups in total. The van der Waals surface area contributed by atoms with Crippen molar-refractivity contribution in [2.24, 2.45) is 0 Å². The van der Waals surface area contributed by atoms with Gasteiger partial charge >= 0.3 is 48.0 Å². The zero-order chi connectivity index (χ0) is 13.7. The van der Waals surface area contributed by atoms with E-state index < -0.39 is 0 Å². The Morgan fingerprint density at radius 2 is 1.78 bits per heavy atom. The molecular weight excluding hydrogens is 281 g/mol. The van der Waals surface area contributed by atoms with E-state index in [1.807, 2.05) is 0 Å². The number of rotatable bonds is 1. The number of carbonyl (C=O) groups excluding carboxylic acids is 1. The third-order valence-electron chi connectivity index (χ3n) is 3.24. The number of carbonyl (C=O) groups is 1. The third-order valence-corrected chi connectivity index (χ3v) is 4.25. The molecule has 1 fully saturated rings. The normalized spacial score (nSPS) is 15.2. The van der Waals surface area contributed by atoms with E-state index >= 15 is 0 Å². The SMILES string of the molecule is Cc1c(Cl)ccc(Cl)c1C(=O)P.[Li][CH]1CCCC1. The second kappa shape index (κ2) is 7.94. The molecule has 18 heavy (non-hydrogen) atoms. The molecule has 2 rings (SSSR count). The zero-order valence-corrected chi connectivity index (χ0v) is 13.5. The van der Waals surface area contributed by atoms with E-state index in [4.69, 9.17) is 23.2 Å². The van der Waals surface area contributed by atoms with Gasteiger partial charge in [-0.3, -0.25) is 4.79 Å². The zero-order valence-electron chi connectivity index (χ0n) is 10.8. The van der Waals surface area contributed by atoms with Gasteiger partial charge < -0.3 is 0 Å². The van der Waals surface area contributed by atoms with Crippen LogP contribution in [0.15, 0.2) is 12.1 Å². The maximum absolute atomic E-state index is 11.1. The Morgan fingerprint density at radius 3 is 2.11 bits per heavy atom. The van der Waals surface area contributed by atoms with Crippen molar-refractivity contribution in [1.82, 2.24) is 0 Å². The van der Waals surface area contributed by atoms with E-state index in [1.54, 1.807) is 19.1 Å². The molecule has 1 aromatic carbocycles. The van der Waals surface area contributed by atoms with E-state index in [0.29, 0.717) is 15.6 Å². The van der Waals surface area contributed by atoms with E-state index in [0.717, 1.165) is 10.2 Å². The molecule has 0 aliphatic heterocycles. The van der Waals surface area contributed by atoms with Gasteiger partial charge in [0.15, 0.2) is 5.52 Å². The first kappa shape index (κ1) is 16.6. The molecule has 0 amide bonds. The number of hydrogen-bond donors (Lipinski definition) is 0. The molecule has 0 heterocycles. The van der Waals surface area contributed by atoms with Gasteiger partial charge in [-0.1, -0.05) is 32.4 Å². The average molecular weight is 297 g/mol. The number of hydrogen-bond acceptors (Lipinski definition) is 1. The molecule has 94 valence electrons. The molecule has 1 atom stereocenters. The van der Waals surface area contributed by atoms with Crippen molar-refractivity contribution in [2.45, 2.75) is 37.2 Å². The fourth-order valence-electron chi connectivity index (χ4n) is 2.09. The van der Waals surface area contributed by atoms with Crippen LogP contribution in [-0.4, -0.2) is 23.2 Å². The second-order valence-corrected chi connectivity index (χ2v) is 6.12. The van der Waals surface area contributed by atoms with E-state index in [2.05, 4.69) is 27.0 Å². The molecular formula is C13H16Cl2LiOP. The van der Waals surface area contributed by atoms with Crippen LogP contribution in [0.3, 0.4) is 0 Å². The Bertz CT molecular complexity index is 431. The van der Waals surface area contributed by atoms with Crippen molar-refractivity contribution in [1.29, 1.82) is 0 Å². The Kier molecular flexibility index (Phi) is 7.30. The maximum atomic E-state index is 11.1. The van der Waals surface area contributed by atoms with Crippen LogP contribution < -0.4 is 0 Å². The molecule has 0 spiro atoms. The summed E-state index contributed by atoms with van der Waals surface area (Å²) < 4.78 is 1.05. The summed E-state index contributed by atoms with van der Waals surface area (Å²) >= 11 is 14.0. The first-order chi connectivity index (χ1) is 8.43.